The molecule has 2 aromatic heterocycles. The van der Waals surface area contributed by atoms with Crippen LogP contribution in [-0.2, 0) is 21.4 Å². The summed E-state index contributed by atoms with van der Waals surface area (Å²) in [5.74, 6) is 1.35. The van der Waals surface area contributed by atoms with E-state index in [1.165, 1.54) is 6.26 Å². The van der Waals surface area contributed by atoms with Crippen LogP contribution in [0.5, 0.6) is 11.6 Å². The van der Waals surface area contributed by atoms with Crippen molar-refractivity contribution in [3.05, 3.63) is 64.3 Å². The van der Waals surface area contributed by atoms with Crippen LogP contribution >= 0.6 is 23.2 Å². The fourth-order valence-electron chi connectivity index (χ4n) is 5.62. The van der Waals surface area contributed by atoms with Crippen molar-refractivity contribution in [1.82, 2.24) is 24.5 Å². The molecule has 0 aliphatic carbocycles. The Morgan fingerprint density at radius 3 is 2.33 bits per heavy atom. The van der Waals surface area contributed by atoms with Crippen LogP contribution < -0.4 is 14.4 Å². The first-order valence-corrected chi connectivity index (χ1v) is 17.6. The highest BCUT2D eigenvalue weighted by Crippen LogP contribution is 2.31. The van der Waals surface area contributed by atoms with E-state index >= 15 is 0 Å². The lowest BCUT2D eigenvalue weighted by Crippen LogP contribution is -2.47. The predicted octanol–water partition coefficient (Wildman–Crippen LogP) is 4.60. The Balaban J connectivity index is 1.27. The number of piperidine rings is 1. The molecule has 2 aliphatic heterocycles. The smallest absolute Gasteiger partial charge is 0.304 e. The van der Waals surface area contributed by atoms with E-state index in [-0.39, 0.29) is 6.42 Å². The van der Waals surface area contributed by atoms with Gasteiger partial charge in [0.25, 0.3) is 0 Å². The molecule has 2 fully saturated rings. The van der Waals surface area contributed by atoms with Crippen LogP contribution in [-0.4, -0.2) is 97.9 Å². The Bertz CT molecular complexity index is 1560. The second-order valence-corrected chi connectivity index (χ2v) is 14.3. The molecule has 2 aliphatic rings. The van der Waals surface area contributed by atoms with Crippen LogP contribution in [0.15, 0.2) is 48.7 Å². The summed E-state index contributed by atoms with van der Waals surface area (Å²) < 4.78 is 31.8. The zero-order valence-electron chi connectivity index (χ0n) is 25.2. The van der Waals surface area contributed by atoms with Crippen molar-refractivity contribution in [2.24, 2.45) is 5.92 Å². The molecule has 0 radical (unpaired) electrons. The van der Waals surface area contributed by atoms with Gasteiger partial charge < -0.3 is 14.7 Å². The number of halogens is 2. The highest BCUT2D eigenvalue weighted by atomic mass is 35.5. The molecule has 1 aromatic carbocycles. The number of nitrogens with one attached hydrogen (secondary N) is 1. The Labute approximate surface area is 274 Å². The standard InChI is InChI=1S/C31H38Cl2N6O5S/c1-45(42,43)35-19-22-4-7-38(8-5-22)21-23-14-28(24-16-25(32)18-26(33)17-24)36-30(15-23)44-27-2-3-29(34-20-27)39-12-10-37(11-13-39)9-6-31(40)41/h2-3,14-18,20,22,35H,4-13,19,21H2,1H3,(H,40,41). The Hall–Kier alpha value is -3.00. The van der Waals surface area contributed by atoms with Gasteiger partial charge in [0.1, 0.15) is 11.6 Å². The maximum Gasteiger partial charge on any atom is 0.304 e. The van der Waals surface area contributed by atoms with Crippen LogP contribution in [0.3, 0.4) is 0 Å². The summed E-state index contributed by atoms with van der Waals surface area (Å²) >= 11 is 12.6. The van der Waals surface area contributed by atoms with Gasteiger partial charge in [0.2, 0.25) is 15.9 Å². The highest BCUT2D eigenvalue weighted by molar-refractivity contribution is 7.88. The van der Waals surface area contributed by atoms with Crippen molar-refractivity contribution in [3.63, 3.8) is 0 Å². The molecular weight excluding hydrogens is 639 g/mol. The number of ether oxygens (including phenoxy) is 1. The first-order chi connectivity index (χ1) is 21.5. The zero-order valence-corrected chi connectivity index (χ0v) is 27.5. The van der Waals surface area contributed by atoms with E-state index in [1.807, 2.05) is 36.4 Å². The fraction of sp³-hybridized carbons (Fsp3) is 0.452. The van der Waals surface area contributed by atoms with E-state index in [0.717, 1.165) is 69.1 Å². The Kier molecular flexibility index (Phi) is 11.2. The number of carboxylic acids is 1. The minimum atomic E-state index is -3.20. The van der Waals surface area contributed by atoms with Crippen LogP contribution in [0.1, 0.15) is 24.8 Å². The normalized spacial score (nSPS) is 17.0. The molecule has 4 heterocycles. The quantitative estimate of drug-likeness (QED) is 0.281. The molecule has 0 bridgehead atoms. The number of hydrogen-bond acceptors (Lipinski definition) is 9. The first-order valence-electron chi connectivity index (χ1n) is 15.0. The number of likely N-dealkylation sites (tertiary alicyclic amines) is 1. The third kappa shape index (κ3) is 10.2. The van der Waals surface area contributed by atoms with Crippen molar-refractivity contribution in [1.29, 1.82) is 0 Å². The average molecular weight is 678 g/mol. The second kappa shape index (κ2) is 15.1. The van der Waals surface area contributed by atoms with Crippen LogP contribution in [0.25, 0.3) is 11.3 Å². The number of pyridine rings is 2. The summed E-state index contributed by atoms with van der Waals surface area (Å²) in [6.07, 6.45) is 4.84. The Morgan fingerprint density at radius 2 is 1.71 bits per heavy atom. The molecule has 2 saturated heterocycles. The molecule has 5 rings (SSSR count). The van der Waals surface area contributed by atoms with Gasteiger partial charge in [-0.05, 0) is 73.8 Å². The largest absolute Gasteiger partial charge is 0.481 e. The lowest BCUT2D eigenvalue weighted by molar-refractivity contribution is -0.137. The number of benzene rings is 1. The molecule has 11 nitrogen and oxygen atoms in total. The molecule has 0 atom stereocenters. The van der Waals surface area contributed by atoms with Gasteiger partial charge in [-0.3, -0.25) is 14.6 Å². The predicted molar refractivity (Wildman–Crippen MR) is 176 cm³/mol. The molecule has 3 aromatic rings. The van der Waals surface area contributed by atoms with Gasteiger partial charge in [0.15, 0.2) is 0 Å². The maximum atomic E-state index is 11.5. The van der Waals surface area contributed by atoms with E-state index in [2.05, 4.69) is 24.4 Å². The number of sulfonamides is 1. The van der Waals surface area contributed by atoms with Crippen molar-refractivity contribution in [2.45, 2.75) is 25.8 Å². The zero-order chi connectivity index (χ0) is 32.0. The van der Waals surface area contributed by atoms with Gasteiger partial charge in [-0.2, -0.15) is 0 Å². The lowest BCUT2D eigenvalue weighted by atomic mass is 9.97. The summed E-state index contributed by atoms with van der Waals surface area (Å²) in [5, 5.41) is 9.97. The van der Waals surface area contributed by atoms with Crippen molar-refractivity contribution in [2.75, 3.05) is 63.5 Å². The van der Waals surface area contributed by atoms with Gasteiger partial charge in [0, 0.05) is 67.5 Å². The van der Waals surface area contributed by atoms with Gasteiger partial charge in [0.05, 0.1) is 24.6 Å². The van der Waals surface area contributed by atoms with Gasteiger partial charge >= 0.3 is 5.97 Å². The molecule has 0 amide bonds. The molecule has 14 heteroatoms. The number of piperazine rings is 1. The summed E-state index contributed by atoms with van der Waals surface area (Å²) in [5.41, 5.74) is 2.48. The van der Waals surface area contributed by atoms with Crippen molar-refractivity contribution in [3.8, 4) is 22.9 Å². The number of carbonyl (C=O) groups is 1. The average Bonchev–Trinajstić information content (AvgIpc) is 2.99. The second-order valence-electron chi connectivity index (χ2n) is 11.6. The van der Waals surface area contributed by atoms with E-state index in [1.54, 1.807) is 12.3 Å². The van der Waals surface area contributed by atoms with E-state index < -0.39 is 16.0 Å². The summed E-state index contributed by atoms with van der Waals surface area (Å²) in [7, 11) is -3.20. The minimum absolute atomic E-state index is 0.148. The maximum absolute atomic E-state index is 11.5. The minimum Gasteiger partial charge on any atom is -0.481 e. The number of nitrogens with zero attached hydrogens (tertiary/aromatic N) is 5. The molecule has 0 spiro atoms. The monoisotopic (exact) mass is 676 g/mol. The molecule has 2 N–H and O–H groups in total. The van der Waals surface area contributed by atoms with Crippen molar-refractivity contribution < 1.29 is 23.1 Å². The Morgan fingerprint density at radius 1 is 1.00 bits per heavy atom. The third-order valence-electron chi connectivity index (χ3n) is 8.05. The summed E-state index contributed by atoms with van der Waals surface area (Å²) in [4.78, 5) is 27.0. The molecule has 45 heavy (non-hydrogen) atoms. The van der Waals surface area contributed by atoms with Crippen LogP contribution in [0.4, 0.5) is 5.82 Å². The molecule has 0 saturated carbocycles. The number of rotatable bonds is 12. The lowest BCUT2D eigenvalue weighted by Gasteiger charge is -2.35. The molecule has 0 unspecified atom stereocenters. The van der Waals surface area contributed by atoms with E-state index in [0.29, 0.717) is 52.9 Å². The fourth-order valence-corrected chi connectivity index (χ4v) is 6.69. The van der Waals surface area contributed by atoms with Gasteiger partial charge in [-0.15, -0.1) is 0 Å². The highest BCUT2D eigenvalue weighted by Gasteiger charge is 2.22. The van der Waals surface area contributed by atoms with E-state index in [9.17, 15) is 13.2 Å². The first kappa shape index (κ1) is 33.4. The van der Waals surface area contributed by atoms with Crippen molar-refractivity contribution >= 4 is 45.0 Å². The molecule has 242 valence electrons. The summed E-state index contributed by atoms with van der Waals surface area (Å²) in [6, 6.07) is 13.1. The SMILES string of the molecule is CS(=O)(=O)NCC1CCN(Cc2cc(Oc3ccc(N4CCN(CCC(=O)O)CC4)nc3)nc(-c3cc(Cl)cc(Cl)c3)c2)CC1. The molecular formula is C31H38Cl2N6O5S. The summed E-state index contributed by atoms with van der Waals surface area (Å²) in [6.45, 7) is 6.53. The van der Waals surface area contributed by atoms with E-state index in [4.69, 9.17) is 38.0 Å². The third-order valence-corrected chi connectivity index (χ3v) is 9.18. The number of aromatic nitrogens is 2. The number of carboxylic acid groups (broad SMARTS) is 1. The van der Waals surface area contributed by atoms with Crippen LogP contribution in [0, 0.1) is 5.92 Å². The number of aliphatic carboxylic acids is 1. The number of hydrogen-bond donors (Lipinski definition) is 2. The van der Waals surface area contributed by atoms with Crippen LogP contribution in [0.2, 0.25) is 10.0 Å². The topological polar surface area (TPSA) is 128 Å². The van der Waals surface area contributed by atoms with Gasteiger partial charge in [-0.25, -0.2) is 23.1 Å². The van der Waals surface area contributed by atoms with Gasteiger partial charge in [-0.1, -0.05) is 23.2 Å². The number of anilines is 1.